The van der Waals surface area contributed by atoms with Gasteiger partial charge in [0.1, 0.15) is 5.75 Å². The van der Waals surface area contributed by atoms with Gasteiger partial charge < -0.3 is 15.0 Å². The van der Waals surface area contributed by atoms with Crippen molar-refractivity contribution in [2.75, 3.05) is 6.54 Å². The molecule has 1 amide bonds. The van der Waals surface area contributed by atoms with Gasteiger partial charge in [-0.2, -0.15) is 0 Å². The van der Waals surface area contributed by atoms with E-state index in [1.165, 1.54) is 0 Å². The molecule has 0 bridgehead atoms. The molecular weight excluding hydrogens is 254 g/mol. The quantitative estimate of drug-likeness (QED) is 0.810. The lowest BCUT2D eigenvalue weighted by Crippen LogP contribution is -2.14. The van der Waals surface area contributed by atoms with E-state index in [0.29, 0.717) is 12.1 Å². The summed E-state index contributed by atoms with van der Waals surface area (Å²) in [5, 5.41) is 12.3. The van der Waals surface area contributed by atoms with Gasteiger partial charge in [-0.05, 0) is 23.8 Å². The van der Waals surface area contributed by atoms with Crippen LogP contribution in [0.3, 0.4) is 0 Å². The summed E-state index contributed by atoms with van der Waals surface area (Å²) in [5.41, 5.74) is 2.35. The zero-order valence-electron chi connectivity index (χ0n) is 11.1. The molecule has 1 aromatic carbocycles. The second kappa shape index (κ2) is 4.85. The Morgan fingerprint density at radius 1 is 1.50 bits per heavy atom. The van der Waals surface area contributed by atoms with Crippen molar-refractivity contribution in [3.63, 3.8) is 0 Å². The summed E-state index contributed by atoms with van der Waals surface area (Å²) in [5.74, 6) is 0.0576. The first kappa shape index (κ1) is 12.5. The molecule has 102 valence electrons. The zero-order chi connectivity index (χ0) is 14.1. The molecule has 0 radical (unpaired) electrons. The molecule has 1 aromatic heterocycles. The van der Waals surface area contributed by atoms with Crippen LogP contribution in [-0.2, 0) is 11.8 Å². The summed E-state index contributed by atoms with van der Waals surface area (Å²) in [6.45, 7) is 0.556. The molecule has 1 fully saturated rings. The van der Waals surface area contributed by atoms with Crippen LogP contribution in [0.25, 0.3) is 6.08 Å². The molecule has 0 saturated carbocycles. The SMILES string of the molecule is Cn1cnc(C2CNC(=O)C2=Cc2cccc(O)c2)c1. The number of hydrogen-bond acceptors (Lipinski definition) is 3. The summed E-state index contributed by atoms with van der Waals surface area (Å²) in [6.07, 6.45) is 5.45. The first-order chi connectivity index (χ1) is 9.63. The van der Waals surface area contributed by atoms with Crippen molar-refractivity contribution < 1.29 is 9.90 Å². The van der Waals surface area contributed by atoms with Gasteiger partial charge in [0.15, 0.2) is 0 Å². The average Bonchev–Trinajstić information content (AvgIpc) is 2.97. The van der Waals surface area contributed by atoms with E-state index >= 15 is 0 Å². The van der Waals surface area contributed by atoms with Gasteiger partial charge in [0.05, 0.1) is 17.9 Å². The van der Waals surface area contributed by atoms with Crippen molar-refractivity contribution >= 4 is 12.0 Å². The Balaban J connectivity index is 1.98. The summed E-state index contributed by atoms with van der Waals surface area (Å²) in [4.78, 5) is 16.3. The molecular formula is C15H15N3O2. The number of nitrogens with one attached hydrogen (secondary N) is 1. The van der Waals surface area contributed by atoms with Crippen molar-refractivity contribution in [1.82, 2.24) is 14.9 Å². The standard InChI is InChI=1S/C15H15N3O2/c1-18-8-14(17-9-18)13-7-16-15(20)12(13)6-10-3-2-4-11(19)5-10/h2-6,8-9,13,19H,7H2,1H3,(H,16,20). The predicted octanol–water partition coefficient (Wildman–Crippen LogP) is 1.42. The molecule has 2 heterocycles. The van der Waals surface area contributed by atoms with Crippen LogP contribution in [-0.4, -0.2) is 27.1 Å². The van der Waals surface area contributed by atoms with Crippen LogP contribution in [0.2, 0.25) is 0 Å². The molecule has 2 aromatic rings. The van der Waals surface area contributed by atoms with Crippen molar-refractivity contribution in [3.05, 3.63) is 53.6 Å². The maximum absolute atomic E-state index is 12.0. The van der Waals surface area contributed by atoms with Crippen molar-refractivity contribution in [2.24, 2.45) is 7.05 Å². The lowest BCUT2D eigenvalue weighted by atomic mass is 9.97. The molecule has 20 heavy (non-hydrogen) atoms. The Kier molecular flexibility index (Phi) is 3.02. The van der Waals surface area contributed by atoms with E-state index in [1.54, 1.807) is 30.6 Å². The Bertz CT molecular complexity index is 688. The van der Waals surface area contributed by atoms with Crippen LogP contribution in [0.4, 0.5) is 0 Å². The molecule has 2 N–H and O–H groups in total. The second-order valence-electron chi connectivity index (χ2n) is 4.92. The monoisotopic (exact) mass is 269 g/mol. The number of aryl methyl sites for hydroxylation is 1. The summed E-state index contributed by atoms with van der Waals surface area (Å²) in [6, 6.07) is 6.85. The number of phenolic OH excluding ortho intramolecular Hbond substituents is 1. The van der Waals surface area contributed by atoms with E-state index in [4.69, 9.17) is 0 Å². The van der Waals surface area contributed by atoms with E-state index < -0.39 is 0 Å². The number of carbonyl (C=O) groups excluding carboxylic acids is 1. The van der Waals surface area contributed by atoms with Gasteiger partial charge in [0.2, 0.25) is 5.91 Å². The topological polar surface area (TPSA) is 67.2 Å². The molecule has 5 heteroatoms. The lowest BCUT2D eigenvalue weighted by molar-refractivity contribution is -0.116. The van der Waals surface area contributed by atoms with Gasteiger partial charge in [-0.1, -0.05) is 12.1 Å². The number of aromatic nitrogens is 2. The zero-order valence-corrected chi connectivity index (χ0v) is 11.1. The molecule has 1 atom stereocenters. The van der Waals surface area contributed by atoms with Crippen LogP contribution in [0.1, 0.15) is 17.2 Å². The average molecular weight is 269 g/mol. The Morgan fingerprint density at radius 3 is 3.05 bits per heavy atom. The Labute approximate surface area is 116 Å². The number of imidazole rings is 1. The largest absolute Gasteiger partial charge is 0.508 e. The first-order valence-electron chi connectivity index (χ1n) is 6.40. The molecule has 5 nitrogen and oxygen atoms in total. The molecule has 0 spiro atoms. The predicted molar refractivity (Wildman–Crippen MR) is 75.0 cm³/mol. The summed E-state index contributed by atoms with van der Waals surface area (Å²) >= 11 is 0. The highest BCUT2D eigenvalue weighted by molar-refractivity contribution is 6.01. The van der Waals surface area contributed by atoms with Gasteiger partial charge in [0.25, 0.3) is 0 Å². The Morgan fingerprint density at radius 2 is 2.35 bits per heavy atom. The van der Waals surface area contributed by atoms with Crippen LogP contribution in [0.15, 0.2) is 42.4 Å². The van der Waals surface area contributed by atoms with Crippen LogP contribution < -0.4 is 5.32 Å². The number of nitrogens with zero attached hydrogens (tertiary/aromatic N) is 2. The lowest BCUT2D eigenvalue weighted by Gasteiger charge is -2.06. The number of carbonyl (C=O) groups is 1. The van der Waals surface area contributed by atoms with Crippen LogP contribution >= 0.6 is 0 Å². The molecule has 1 aliphatic heterocycles. The third kappa shape index (κ3) is 2.30. The number of rotatable bonds is 2. The maximum atomic E-state index is 12.0. The minimum Gasteiger partial charge on any atom is -0.508 e. The summed E-state index contributed by atoms with van der Waals surface area (Å²) in [7, 11) is 1.90. The molecule has 1 aliphatic rings. The van der Waals surface area contributed by atoms with Crippen molar-refractivity contribution in [3.8, 4) is 5.75 Å². The van der Waals surface area contributed by atoms with Gasteiger partial charge in [-0.25, -0.2) is 4.98 Å². The highest BCUT2D eigenvalue weighted by Gasteiger charge is 2.30. The highest BCUT2D eigenvalue weighted by Crippen LogP contribution is 2.29. The van der Waals surface area contributed by atoms with Crippen molar-refractivity contribution in [2.45, 2.75) is 5.92 Å². The summed E-state index contributed by atoms with van der Waals surface area (Å²) < 4.78 is 1.87. The molecule has 1 saturated heterocycles. The van der Waals surface area contributed by atoms with Gasteiger partial charge >= 0.3 is 0 Å². The highest BCUT2D eigenvalue weighted by atomic mass is 16.3. The fourth-order valence-corrected chi connectivity index (χ4v) is 2.40. The molecule has 1 unspecified atom stereocenters. The Hall–Kier alpha value is -2.56. The minimum absolute atomic E-state index is 0.0500. The van der Waals surface area contributed by atoms with E-state index in [0.717, 1.165) is 11.3 Å². The van der Waals surface area contributed by atoms with E-state index in [-0.39, 0.29) is 17.6 Å². The smallest absolute Gasteiger partial charge is 0.248 e. The second-order valence-corrected chi connectivity index (χ2v) is 4.92. The van der Waals surface area contributed by atoms with E-state index in [2.05, 4.69) is 10.3 Å². The fourth-order valence-electron chi connectivity index (χ4n) is 2.40. The first-order valence-corrected chi connectivity index (χ1v) is 6.40. The number of amides is 1. The number of phenols is 1. The molecule has 3 rings (SSSR count). The number of hydrogen-bond donors (Lipinski definition) is 2. The van der Waals surface area contributed by atoms with Crippen LogP contribution in [0, 0.1) is 0 Å². The van der Waals surface area contributed by atoms with Gasteiger partial charge in [-0.3, -0.25) is 4.79 Å². The van der Waals surface area contributed by atoms with Crippen molar-refractivity contribution in [1.29, 1.82) is 0 Å². The normalized spacial score (nSPS) is 20.4. The van der Waals surface area contributed by atoms with Gasteiger partial charge in [-0.15, -0.1) is 0 Å². The van der Waals surface area contributed by atoms with E-state index in [1.807, 2.05) is 23.9 Å². The maximum Gasteiger partial charge on any atom is 0.248 e. The van der Waals surface area contributed by atoms with Gasteiger partial charge in [0, 0.05) is 25.4 Å². The third-order valence-corrected chi connectivity index (χ3v) is 3.38. The fraction of sp³-hybridized carbons (Fsp3) is 0.200. The third-order valence-electron chi connectivity index (χ3n) is 3.38. The molecule has 0 aliphatic carbocycles. The van der Waals surface area contributed by atoms with E-state index in [9.17, 15) is 9.90 Å². The minimum atomic E-state index is -0.0796. The van der Waals surface area contributed by atoms with Crippen LogP contribution in [0.5, 0.6) is 5.75 Å². The number of aromatic hydroxyl groups is 1. The number of benzene rings is 1.